The fourth-order valence-electron chi connectivity index (χ4n) is 3.68. The van der Waals surface area contributed by atoms with Crippen LogP contribution in [-0.4, -0.2) is 29.6 Å². The first-order valence-electron chi connectivity index (χ1n) is 7.97. The van der Waals surface area contributed by atoms with Gasteiger partial charge in [0.1, 0.15) is 0 Å². The normalized spacial score (nSPS) is 26.5. The van der Waals surface area contributed by atoms with Crippen molar-refractivity contribution in [3.63, 3.8) is 0 Å². The summed E-state index contributed by atoms with van der Waals surface area (Å²) in [4.78, 5) is 2.77. The summed E-state index contributed by atoms with van der Waals surface area (Å²) in [6.45, 7) is 13.8. The van der Waals surface area contributed by atoms with Gasteiger partial charge in [0.25, 0.3) is 0 Å². The van der Waals surface area contributed by atoms with Gasteiger partial charge in [-0.05, 0) is 44.1 Å². The topological polar surface area (TPSA) is 29.3 Å². The lowest BCUT2D eigenvalue weighted by atomic mass is 9.81. The van der Waals surface area contributed by atoms with Gasteiger partial charge in [0, 0.05) is 18.1 Å². The van der Waals surface area contributed by atoms with Gasteiger partial charge in [0.2, 0.25) is 0 Å². The van der Waals surface area contributed by atoms with E-state index in [1.165, 1.54) is 38.6 Å². The Bertz CT molecular complexity index is 233. The molecule has 1 fully saturated rings. The first-order chi connectivity index (χ1) is 8.50. The SMILES string of the molecule is CCC(C)CC(CC)(CN)N1CCCC1C(C)C. The van der Waals surface area contributed by atoms with Crippen LogP contribution in [0, 0.1) is 11.8 Å². The van der Waals surface area contributed by atoms with Crippen LogP contribution in [0.3, 0.4) is 0 Å². The van der Waals surface area contributed by atoms with Crippen molar-refractivity contribution in [1.82, 2.24) is 4.90 Å². The Kier molecular flexibility index (Phi) is 6.13. The zero-order valence-electron chi connectivity index (χ0n) is 13.2. The fraction of sp³-hybridized carbons (Fsp3) is 1.00. The fourth-order valence-corrected chi connectivity index (χ4v) is 3.68. The van der Waals surface area contributed by atoms with Crippen LogP contribution in [0.5, 0.6) is 0 Å². The molecule has 1 heterocycles. The van der Waals surface area contributed by atoms with Crippen molar-refractivity contribution in [3.05, 3.63) is 0 Å². The first kappa shape index (κ1) is 16.0. The van der Waals surface area contributed by atoms with E-state index in [4.69, 9.17) is 5.73 Å². The molecule has 3 unspecified atom stereocenters. The van der Waals surface area contributed by atoms with Crippen LogP contribution < -0.4 is 5.73 Å². The molecule has 0 amide bonds. The van der Waals surface area contributed by atoms with Crippen molar-refractivity contribution >= 4 is 0 Å². The van der Waals surface area contributed by atoms with E-state index in [0.717, 1.165) is 24.4 Å². The summed E-state index contributed by atoms with van der Waals surface area (Å²) in [5, 5.41) is 0. The van der Waals surface area contributed by atoms with E-state index >= 15 is 0 Å². The smallest absolute Gasteiger partial charge is 0.0334 e. The highest BCUT2D eigenvalue weighted by Crippen LogP contribution is 2.36. The van der Waals surface area contributed by atoms with Gasteiger partial charge >= 0.3 is 0 Å². The molecule has 1 aliphatic heterocycles. The predicted octanol–water partition coefficient (Wildman–Crippen LogP) is 3.65. The molecular formula is C16H34N2. The van der Waals surface area contributed by atoms with Gasteiger partial charge in [0.05, 0.1) is 0 Å². The van der Waals surface area contributed by atoms with E-state index in [-0.39, 0.29) is 5.54 Å². The summed E-state index contributed by atoms with van der Waals surface area (Å²) in [5.74, 6) is 1.53. The highest BCUT2D eigenvalue weighted by molar-refractivity contribution is 4.98. The highest BCUT2D eigenvalue weighted by atomic mass is 15.3. The summed E-state index contributed by atoms with van der Waals surface area (Å²) in [7, 11) is 0. The Labute approximate surface area is 114 Å². The standard InChI is InChI=1S/C16H34N2/c1-6-14(5)11-16(7-2,12-17)18-10-8-9-15(18)13(3)4/h13-15H,6-12,17H2,1-5H3. The molecule has 3 atom stereocenters. The molecule has 0 bridgehead atoms. The van der Waals surface area contributed by atoms with Gasteiger partial charge in [0.15, 0.2) is 0 Å². The highest BCUT2D eigenvalue weighted by Gasteiger charge is 2.41. The minimum absolute atomic E-state index is 0.251. The molecule has 1 aliphatic rings. The van der Waals surface area contributed by atoms with E-state index in [9.17, 15) is 0 Å². The quantitative estimate of drug-likeness (QED) is 0.751. The van der Waals surface area contributed by atoms with Crippen LogP contribution in [0.4, 0.5) is 0 Å². The summed E-state index contributed by atoms with van der Waals surface area (Å²) in [6, 6.07) is 0.748. The third-order valence-corrected chi connectivity index (χ3v) is 5.14. The van der Waals surface area contributed by atoms with E-state index in [1.54, 1.807) is 0 Å². The van der Waals surface area contributed by atoms with E-state index in [2.05, 4.69) is 39.5 Å². The second-order valence-corrected chi connectivity index (χ2v) is 6.65. The van der Waals surface area contributed by atoms with Crippen molar-refractivity contribution < 1.29 is 0 Å². The number of hydrogen-bond acceptors (Lipinski definition) is 2. The van der Waals surface area contributed by atoms with Crippen molar-refractivity contribution in [2.24, 2.45) is 17.6 Å². The molecule has 2 nitrogen and oxygen atoms in total. The Balaban J connectivity index is 2.88. The lowest BCUT2D eigenvalue weighted by Gasteiger charge is -2.46. The third kappa shape index (κ3) is 3.27. The molecule has 0 saturated carbocycles. The summed E-state index contributed by atoms with van der Waals surface area (Å²) in [5.41, 5.74) is 6.47. The molecule has 1 saturated heterocycles. The Hall–Kier alpha value is -0.0800. The molecule has 108 valence electrons. The van der Waals surface area contributed by atoms with Crippen LogP contribution in [0.2, 0.25) is 0 Å². The Morgan fingerprint density at radius 3 is 2.39 bits per heavy atom. The van der Waals surface area contributed by atoms with Crippen LogP contribution in [0.1, 0.15) is 66.7 Å². The van der Waals surface area contributed by atoms with Gasteiger partial charge in [-0.1, -0.05) is 41.0 Å². The molecule has 2 heteroatoms. The minimum atomic E-state index is 0.251. The molecule has 1 rings (SSSR count). The molecule has 18 heavy (non-hydrogen) atoms. The average molecular weight is 254 g/mol. The van der Waals surface area contributed by atoms with E-state index in [1.807, 2.05) is 0 Å². The van der Waals surface area contributed by atoms with Crippen LogP contribution in [0.15, 0.2) is 0 Å². The lowest BCUT2D eigenvalue weighted by Crippen LogP contribution is -2.57. The predicted molar refractivity (Wildman–Crippen MR) is 80.7 cm³/mol. The van der Waals surface area contributed by atoms with Crippen LogP contribution in [-0.2, 0) is 0 Å². The maximum atomic E-state index is 6.22. The molecule has 0 radical (unpaired) electrons. The number of nitrogens with two attached hydrogens (primary N) is 1. The molecule has 2 N–H and O–H groups in total. The zero-order chi connectivity index (χ0) is 13.8. The van der Waals surface area contributed by atoms with Gasteiger partial charge in [-0.2, -0.15) is 0 Å². The Morgan fingerprint density at radius 1 is 1.28 bits per heavy atom. The minimum Gasteiger partial charge on any atom is -0.329 e. The monoisotopic (exact) mass is 254 g/mol. The molecule has 0 aliphatic carbocycles. The van der Waals surface area contributed by atoms with Crippen molar-refractivity contribution in [3.8, 4) is 0 Å². The third-order valence-electron chi connectivity index (χ3n) is 5.14. The van der Waals surface area contributed by atoms with Crippen molar-refractivity contribution in [1.29, 1.82) is 0 Å². The van der Waals surface area contributed by atoms with E-state index in [0.29, 0.717) is 0 Å². The van der Waals surface area contributed by atoms with Gasteiger partial charge < -0.3 is 5.73 Å². The van der Waals surface area contributed by atoms with Crippen molar-refractivity contribution in [2.75, 3.05) is 13.1 Å². The number of hydrogen-bond donors (Lipinski definition) is 1. The second-order valence-electron chi connectivity index (χ2n) is 6.65. The lowest BCUT2D eigenvalue weighted by molar-refractivity contribution is 0.0371. The summed E-state index contributed by atoms with van der Waals surface area (Å²) in [6.07, 6.45) is 6.43. The zero-order valence-corrected chi connectivity index (χ0v) is 13.2. The van der Waals surface area contributed by atoms with Gasteiger partial charge in [-0.15, -0.1) is 0 Å². The second kappa shape index (κ2) is 6.91. The summed E-state index contributed by atoms with van der Waals surface area (Å²) >= 11 is 0. The molecule has 0 aromatic rings. The Morgan fingerprint density at radius 2 is 1.94 bits per heavy atom. The van der Waals surface area contributed by atoms with Crippen LogP contribution >= 0.6 is 0 Å². The molecule has 0 aromatic carbocycles. The first-order valence-corrected chi connectivity index (χ1v) is 7.97. The molecular weight excluding hydrogens is 220 g/mol. The van der Waals surface area contributed by atoms with Gasteiger partial charge in [-0.3, -0.25) is 4.90 Å². The molecule has 0 spiro atoms. The van der Waals surface area contributed by atoms with Crippen molar-refractivity contribution in [2.45, 2.75) is 78.3 Å². The number of nitrogens with zero attached hydrogens (tertiary/aromatic N) is 1. The average Bonchev–Trinajstić information content (AvgIpc) is 2.85. The maximum absolute atomic E-state index is 6.22. The van der Waals surface area contributed by atoms with E-state index < -0.39 is 0 Å². The van der Waals surface area contributed by atoms with Gasteiger partial charge in [-0.25, -0.2) is 0 Å². The number of likely N-dealkylation sites (tertiary alicyclic amines) is 1. The number of rotatable bonds is 7. The molecule has 0 aromatic heterocycles. The maximum Gasteiger partial charge on any atom is 0.0334 e. The van der Waals surface area contributed by atoms with Crippen LogP contribution in [0.25, 0.3) is 0 Å². The largest absolute Gasteiger partial charge is 0.329 e. The summed E-state index contributed by atoms with van der Waals surface area (Å²) < 4.78 is 0.